The molecule has 120 valence electrons. The van der Waals surface area contributed by atoms with Crippen LogP contribution < -0.4 is 16.4 Å². The molecule has 7 heteroatoms. The highest BCUT2D eigenvalue weighted by molar-refractivity contribution is 5.78. The number of benzene rings is 1. The third-order valence-electron chi connectivity index (χ3n) is 3.60. The lowest BCUT2D eigenvalue weighted by Gasteiger charge is -2.19. The highest BCUT2D eigenvalue weighted by Gasteiger charge is 2.22. The Morgan fingerprint density at radius 3 is 2.82 bits per heavy atom. The topological polar surface area (TPSA) is 93.5 Å². The molecule has 6 nitrogen and oxygen atoms in total. The molecule has 3 amide bonds. The van der Waals surface area contributed by atoms with E-state index in [1.54, 1.807) is 12.1 Å². The molecule has 0 spiro atoms. The number of urea groups is 1. The van der Waals surface area contributed by atoms with E-state index in [4.69, 9.17) is 10.5 Å². The van der Waals surface area contributed by atoms with Gasteiger partial charge in [-0.3, -0.25) is 4.79 Å². The van der Waals surface area contributed by atoms with Gasteiger partial charge in [-0.05, 0) is 12.5 Å². The van der Waals surface area contributed by atoms with E-state index in [0.717, 1.165) is 6.42 Å². The third-order valence-corrected chi connectivity index (χ3v) is 3.60. The summed E-state index contributed by atoms with van der Waals surface area (Å²) in [5, 5.41) is 5.19. The van der Waals surface area contributed by atoms with Gasteiger partial charge in [0.05, 0.1) is 19.1 Å². The minimum absolute atomic E-state index is 0.0720. The van der Waals surface area contributed by atoms with E-state index in [1.807, 2.05) is 0 Å². The van der Waals surface area contributed by atoms with E-state index in [0.29, 0.717) is 25.7 Å². The average molecular weight is 309 g/mol. The van der Waals surface area contributed by atoms with Crippen LogP contribution in [0.1, 0.15) is 24.4 Å². The Morgan fingerprint density at radius 2 is 2.18 bits per heavy atom. The number of carbonyl (C=O) groups is 2. The zero-order valence-electron chi connectivity index (χ0n) is 12.2. The predicted molar refractivity (Wildman–Crippen MR) is 78.4 cm³/mol. The first-order chi connectivity index (χ1) is 10.6. The molecule has 0 radical (unpaired) electrons. The van der Waals surface area contributed by atoms with E-state index in [1.165, 1.54) is 12.1 Å². The van der Waals surface area contributed by atoms with Crippen molar-refractivity contribution in [2.75, 3.05) is 19.8 Å². The van der Waals surface area contributed by atoms with Crippen LogP contribution in [-0.2, 0) is 9.53 Å². The number of primary amides is 1. The van der Waals surface area contributed by atoms with Crippen molar-refractivity contribution in [2.24, 2.45) is 11.7 Å². The van der Waals surface area contributed by atoms with Crippen molar-refractivity contribution in [2.45, 2.75) is 18.9 Å². The minimum atomic E-state index is -0.801. The van der Waals surface area contributed by atoms with E-state index in [9.17, 15) is 14.0 Å². The molecular weight excluding hydrogens is 289 g/mol. The van der Waals surface area contributed by atoms with Crippen LogP contribution in [-0.4, -0.2) is 31.7 Å². The van der Waals surface area contributed by atoms with Crippen LogP contribution in [0.5, 0.6) is 0 Å². The van der Waals surface area contributed by atoms with Gasteiger partial charge in [0.25, 0.3) is 0 Å². The summed E-state index contributed by atoms with van der Waals surface area (Å²) >= 11 is 0. The van der Waals surface area contributed by atoms with E-state index >= 15 is 0 Å². The smallest absolute Gasteiger partial charge is 0.312 e. The molecule has 1 aliphatic heterocycles. The van der Waals surface area contributed by atoms with Crippen LogP contribution in [0.25, 0.3) is 0 Å². The van der Waals surface area contributed by atoms with Crippen molar-refractivity contribution in [3.05, 3.63) is 35.6 Å². The monoisotopic (exact) mass is 309 g/mol. The standard InChI is InChI=1S/C15H20FN3O3/c16-12-4-2-1-3-11(12)13(19-15(17)21)7-14(20)18-8-10-5-6-22-9-10/h1-4,10,13H,5-9H2,(H,18,20)(H3,17,19,21)/t10-,13+/m1/s1. The minimum Gasteiger partial charge on any atom is -0.381 e. The third kappa shape index (κ3) is 4.70. The molecule has 1 aromatic carbocycles. The molecule has 1 fully saturated rings. The molecule has 2 rings (SSSR count). The fourth-order valence-electron chi connectivity index (χ4n) is 2.43. The molecule has 1 aliphatic rings. The second kappa shape index (κ2) is 7.74. The fourth-order valence-corrected chi connectivity index (χ4v) is 2.43. The van der Waals surface area contributed by atoms with Gasteiger partial charge < -0.3 is 21.1 Å². The van der Waals surface area contributed by atoms with Crippen LogP contribution in [0.2, 0.25) is 0 Å². The van der Waals surface area contributed by atoms with Crippen LogP contribution in [0.15, 0.2) is 24.3 Å². The highest BCUT2D eigenvalue weighted by atomic mass is 19.1. The molecule has 0 bridgehead atoms. The lowest BCUT2D eigenvalue weighted by molar-refractivity contribution is -0.121. The molecule has 0 aliphatic carbocycles. The number of nitrogens with two attached hydrogens (primary N) is 1. The van der Waals surface area contributed by atoms with Gasteiger partial charge in [0, 0.05) is 24.6 Å². The zero-order chi connectivity index (χ0) is 15.9. The highest BCUT2D eigenvalue weighted by Crippen LogP contribution is 2.20. The normalized spacial score (nSPS) is 18.7. The number of hydrogen-bond acceptors (Lipinski definition) is 3. The summed E-state index contributed by atoms with van der Waals surface area (Å²) in [6.45, 7) is 1.86. The van der Waals surface area contributed by atoms with Gasteiger partial charge in [0.15, 0.2) is 0 Å². The molecule has 0 unspecified atom stereocenters. The van der Waals surface area contributed by atoms with Gasteiger partial charge in [-0.1, -0.05) is 18.2 Å². The van der Waals surface area contributed by atoms with Gasteiger partial charge >= 0.3 is 6.03 Å². The SMILES string of the molecule is NC(=O)N[C@@H](CC(=O)NC[C@H]1CCOC1)c1ccccc1F. The number of ether oxygens (including phenoxy) is 1. The molecule has 2 atom stereocenters. The van der Waals surface area contributed by atoms with E-state index < -0.39 is 17.9 Å². The molecule has 0 aromatic heterocycles. The van der Waals surface area contributed by atoms with Crippen molar-refractivity contribution in [3.63, 3.8) is 0 Å². The summed E-state index contributed by atoms with van der Waals surface area (Å²) in [6, 6.07) is 4.39. The lowest BCUT2D eigenvalue weighted by Crippen LogP contribution is -2.38. The van der Waals surface area contributed by atoms with Gasteiger partial charge in [0.1, 0.15) is 5.82 Å². The Morgan fingerprint density at radius 1 is 1.41 bits per heavy atom. The quantitative estimate of drug-likeness (QED) is 0.734. The predicted octanol–water partition coefficient (Wildman–Crippen LogP) is 1.08. The maximum absolute atomic E-state index is 13.8. The van der Waals surface area contributed by atoms with E-state index in [2.05, 4.69) is 10.6 Å². The molecule has 22 heavy (non-hydrogen) atoms. The first-order valence-electron chi connectivity index (χ1n) is 7.21. The summed E-state index contributed by atoms with van der Waals surface area (Å²) in [4.78, 5) is 23.1. The van der Waals surface area contributed by atoms with Crippen molar-refractivity contribution in [1.82, 2.24) is 10.6 Å². The van der Waals surface area contributed by atoms with Crippen molar-refractivity contribution >= 4 is 11.9 Å². The summed E-state index contributed by atoms with van der Waals surface area (Å²) < 4.78 is 19.1. The van der Waals surface area contributed by atoms with E-state index in [-0.39, 0.29) is 17.9 Å². The molecule has 1 saturated heterocycles. The number of halogens is 1. The Hall–Kier alpha value is -2.15. The maximum Gasteiger partial charge on any atom is 0.312 e. The number of nitrogens with one attached hydrogen (secondary N) is 2. The molecule has 1 heterocycles. The first kappa shape index (κ1) is 16.2. The first-order valence-corrected chi connectivity index (χ1v) is 7.21. The average Bonchev–Trinajstić information content (AvgIpc) is 2.98. The number of rotatable bonds is 6. The van der Waals surface area contributed by atoms with Gasteiger partial charge in [0.2, 0.25) is 5.91 Å². The summed E-state index contributed by atoms with van der Waals surface area (Å²) in [5.74, 6) is -0.452. The van der Waals surface area contributed by atoms with Gasteiger partial charge in [-0.2, -0.15) is 0 Å². The van der Waals surface area contributed by atoms with Crippen LogP contribution in [0.3, 0.4) is 0 Å². The van der Waals surface area contributed by atoms with Crippen LogP contribution in [0.4, 0.5) is 9.18 Å². The summed E-state index contributed by atoms with van der Waals surface area (Å²) in [5.41, 5.74) is 5.35. The largest absolute Gasteiger partial charge is 0.381 e. The molecule has 0 saturated carbocycles. The molecule has 1 aromatic rings. The lowest BCUT2D eigenvalue weighted by atomic mass is 10.0. The number of carbonyl (C=O) groups excluding carboxylic acids is 2. The van der Waals surface area contributed by atoms with Gasteiger partial charge in [-0.25, -0.2) is 9.18 Å². The Bertz CT molecular complexity index is 533. The molecule has 4 N–H and O–H groups in total. The Kier molecular flexibility index (Phi) is 5.71. The maximum atomic E-state index is 13.8. The fraction of sp³-hybridized carbons (Fsp3) is 0.467. The second-order valence-electron chi connectivity index (χ2n) is 5.32. The van der Waals surface area contributed by atoms with Crippen LogP contribution in [0, 0.1) is 11.7 Å². The number of amides is 3. The Labute approximate surface area is 128 Å². The summed E-state index contributed by atoms with van der Waals surface area (Å²) in [6.07, 6.45) is 0.841. The Balaban J connectivity index is 1.95. The van der Waals surface area contributed by atoms with Crippen molar-refractivity contribution in [3.8, 4) is 0 Å². The zero-order valence-corrected chi connectivity index (χ0v) is 12.2. The van der Waals surface area contributed by atoms with Crippen LogP contribution >= 0.6 is 0 Å². The van der Waals surface area contributed by atoms with Crippen molar-refractivity contribution in [1.29, 1.82) is 0 Å². The van der Waals surface area contributed by atoms with Gasteiger partial charge in [-0.15, -0.1) is 0 Å². The second-order valence-corrected chi connectivity index (χ2v) is 5.32. The summed E-state index contributed by atoms with van der Waals surface area (Å²) in [7, 11) is 0. The van der Waals surface area contributed by atoms with Crippen molar-refractivity contribution < 1.29 is 18.7 Å². The molecular formula is C15H20FN3O3. The number of hydrogen-bond donors (Lipinski definition) is 3.